The van der Waals surface area contributed by atoms with E-state index in [2.05, 4.69) is 12.2 Å². The number of aryl methyl sites for hydroxylation is 1. The maximum Gasteiger partial charge on any atom is 0.344 e. The van der Waals surface area contributed by atoms with Gasteiger partial charge in [0.2, 0.25) is 0 Å². The first-order chi connectivity index (χ1) is 14.6. The Morgan fingerprint density at radius 1 is 0.967 bits per heavy atom. The van der Waals surface area contributed by atoms with Gasteiger partial charge in [-0.05, 0) is 53.9 Å². The summed E-state index contributed by atoms with van der Waals surface area (Å²) in [5.74, 6) is 0.397. The van der Waals surface area contributed by atoms with Crippen molar-refractivity contribution in [1.82, 2.24) is 0 Å². The number of carbonyl (C=O) groups is 1. The SMILES string of the molecule is CCc1ccc(OCC(=O)Nc2ccc(-c3cc4ccccc4oc3=O)cc2)cc1. The summed E-state index contributed by atoms with van der Waals surface area (Å²) in [6.45, 7) is 2.00. The highest BCUT2D eigenvalue weighted by atomic mass is 16.5. The van der Waals surface area contributed by atoms with Crippen LogP contribution >= 0.6 is 0 Å². The summed E-state index contributed by atoms with van der Waals surface area (Å²) in [5, 5.41) is 3.65. The minimum atomic E-state index is -0.395. The third-order valence-electron chi connectivity index (χ3n) is 4.82. The van der Waals surface area contributed by atoms with Crippen LogP contribution in [0.2, 0.25) is 0 Å². The molecule has 1 heterocycles. The molecule has 0 aliphatic rings. The summed E-state index contributed by atoms with van der Waals surface area (Å²) < 4.78 is 10.9. The van der Waals surface area contributed by atoms with Crippen molar-refractivity contribution in [3.05, 3.63) is 94.8 Å². The van der Waals surface area contributed by atoms with Crippen LogP contribution in [0.3, 0.4) is 0 Å². The van der Waals surface area contributed by atoms with Crippen molar-refractivity contribution in [3.8, 4) is 16.9 Å². The van der Waals surface area contributed by atoms with Crippen LogP contribution < -0.4 is 15.7 Å². The van der Waals surface area contributed by atoms with Gasteiger partial charge in [-0.1, -0.05) is 49.4 Å². The van der Waals surface area contributed by atoms with E-state index < -0.39 is 5.63 Å². The van der Waals surface area contributed by atoms with E-state index >= 15 is 0 Å². The summed E-state index contributed by atoms with van der Waals surface area (Å²) in [7, 11) is 0. The second-order valence-electron chi connectivity index (χ2n) is 6.90. The molecule has 0 unspecified atom stereocenters. The number of fused-ring (bicyclic) bond motifs is 1. The molecule has 0 radical (unpaired) electrons. The van der Waals surface area contributed by atoms with Crippen LogP contribution in [0.5, 0.6) is 5.75 Å². The van der Waals surface area contributed by atoms with E-state index in [4.69, 9.17) is 9.15 Å². The Morgan fingerprint density at radius 2 is 1.70 bits per heavy atom. The number of para-hydroxylation sites is 1. The van der Waals surface area contributed by atoms with Gasteiger partial charge in [-0.2, -0.15) is 0 Å². The minimum Gasteiger partial charge on any atom is -0.484 e. The van der Waals surface area contributed by atoms with E-state index in [0.717, 1.165) is 17.4 Å². The summed E-state index contributed by atoms with van der Waals surface area (Å²) in [4.78, 5) is 24.5. The molecular formula is C25H21NO4. The topological polar surface area (TPSA) is 68.5 Å². The van der Waals surface area contributed by atoms with E-state index in [-0.39, 0.29) is 12.5 Å². The number of amides is 1. The average molecular weight is 399 g/mol. The fourth-order valence-corrected chi connectivity index (χ4v) is 3.16. The van der Waals surface area contributed by atoms with Gasteiger partial charge in [-0.3, -0.25) is 4.79 Å². The minimum absolute atomic E-state index is 0.0819. The van der Waals surface area contributed by atoms with Crippen molar-refractivity contribution >= 4 is 22.6 Å². The van der Waals surface area contributed by atoms with E-state index in [0.29, 0.717) is 22.6 Å². The third kappa shape index (κ3) is 4.41. The lowest BCUT2D eigenvalue weighted by Crippen LogP contribution is -2.20. The molecule has 0 spiro atoms. The van der Waals surface area contributed by atoms with Crippen molar-refractivity contribution in [1.29, 1.82) is 0 Å². The van der Waals surface area contributed by atoms with Crippen LogP contribution in [-0.4, -0.2) is 12.5 Å². The number of hydrogen-bond donors (Lipinski definition) is 1. The molecule has 0 fully saturated rings. The lowest BCUT2D eigenvalue weighted by Gasteiger charge is -2.09. The molecular weight excluding hydrogens is 378 g/mol. The average Bonchev–Trinajstić information content (AvgIpc) is 2.78. The maximum atomic E-state index is 12.3. The van der Waals surface area contributed by atoms with Gasteiger partial charge < -0.3 is 14.5 Å². The molecule has 0 saturated heterocycles. The predicted octanol–water partition coefficient (Wildman–Crippen LogP) is 5.04. The van der Waals surface area contributed by atoms with Crippen molar-refractivity contribution in [2.24, 2.45) is 0 Å². The highest BCUT2D eigenvalue weighted by Crippen LogP contribution is 2.22. The number of hydrogen-bond acceptors (Lipinski definition) is 4. The van der Waals surface area contributed by atoms with Crippen molar-refractivity contribution < 1.29 is 13.9 Å². The van der Waals surface area contributed by atoms with Crippen LogP contribution in [0.1, 0.15) is 12.5 Å². The number of anilines is 1. The van der Waals surface area contributed by atoms with Crippen molar-refractivity contribution in [2.45, 2.75) is 13.3 Å². The second-order valence-corrected chi connectivity index (χ2v) is 6.90. The first kappa shape index (κ1) is 19.5. The Bertz CT molecular complexity index is 1220. The van der Waals surface area contributed by atoms with E-state index in [1.807, 2.05) is 48.5 Å². The Hall–Kier alpha value is -3.86. The summed E-state index contributed by atoms with van der Waals surface area (Å²) in [6.07, 6.45) is 0.956. The molecule has 0 saturated carbocycles. The highest BCUT2D eigenvalue weighted by Gasteiger charge is 2.09. The van der Waals surface area contributed by atoms with Gasteiger partial charge >= 0.3 is 5.63 Å². The molecule has 1 N–H and O–H groups in total. The van der Waals surface area contributed by atoms with Gasteiger partial charge in [0.25, 0.3) is 5.91 Å². The van der Waals surface area contributed by atoms with E-state index in [1.165, 1.54) is 5.56 Å². The third-order valence-corrected chi connectivity index (χ3v) is 4.82. The normalized spacial score (nSPS) is 10.7. The lowest BCUT2D eigenvalue weighted by molar-refractivity contribution is -0.118. The van der Waals surface area contributed by atoms with Crippen LogP contribution in [0.25, 0.3) is 22.1 Å². The fourth-order valence-electron chi connectivity index (χ4n) is 3.16. The van der Waals surface area contributed by atoms with Crippen LogP contribution in [0.15, 0.2) is 88.1 Å². The fraction of sp³-hybridized carbons (Fsp3) is 0.120. The molecule has 150 valence electrons. The molecule has 5 nitrogen and oxygen atoms in total. The molecule has 5 heteroatoms. The summed E-state index contributed by atoms with van der Waals surface area (Å²) >= 11 is 0. The standard InChI is InChI=1S/C25H21NO4/c1-2-17-7-13-21(14-8-17)29-16-24(27)26-20-11-9-18(10-12-20)22-15-19-5-3-4-6-23(19)30-25(22)28/h3-15H,2,16H2,1H3,(H,26,27). The van der Waals surface area contributed by atoms with Gasteiger partial charge in [-0.25, -0.2) is 4.79 Å². The summed E-state index contributed by atoms with van der Waals surface area (Å²) in [6, 6.07) is 23.9. The smallest absolute Gasteiger partial charge is 0.344 e. The molecule has 0 aliphatic heterocycles. The molecule has 4 rings (SSSR count). The predicted molar refractivity (Wildman–Crippen MR) is 118 cm³/mol. The zero-order chi connectivity index (χ0) is 20.9. The Morgan fingerprint density at radius 3 is 2.43 bits per heavy atom. The molecule has 4 aromatic rings. The lowest BCUT2D eigenvalue weighted by atomic mass is 10.1. The summed E-state index contributed by atoms with van der Waals surface area (Å²) in [5.41, 5.74) is 3.20. The monoisotopic (exact) mass is 399 g/mol. The molecule has 1 aromatic heterocycles. The van der Waals surface area contributed by atoms with Gasteiger partial charge in [-0.15, -0.1) is 0 Å². The van der Waals surface area contributed by atoms with E-state index in [9.17, 15) is 9.59 Å². The first-order valence-electron chi connectivity index (χ1n) is 9.77. The Balaban J connectivity index is 1.41. The zero-order valence-electron chi connectivity index (χ0n) is 16.6. The van der Waals surface area contributed by atoms with Gasteiger partial charge in [0.1, 0.15) is 11.3 Å². The zero-order valence-corrected chi connectivity index (χ0v) is 16.6. The number of carbonyl (C=O) groups excluding carboxylic acids is 1. The number of nitrogens with one attached hydrogen (secondary N) is 1. The Labute approximate surface area is 173 Å². The molecule has 3 aromatic carbocycles. The second kappa shape index (κ2) is 8.66. The van der Waals surface area contributed by atoms with Crippen molar-refractivity contribution in [3.63, 3.8) is 0 Å². The Kier molecular flexibility index (Phi) is 5.61. The maximum absolute atomic E-state index is 12.3. The highest BCUT2D eigenvalue weighted by molar-refractivity contribution is 5.92. The number of ether oxygens (including phenoxy) is 1. The van der Waals surface area contributed by atoms with Gasteiger partial charge in [0.05, 0.1) is 5.56 Å². The molecule has 0 bridgehead atoms. The van der Waals surface area contributed by atoms with Crippen molar-refractivity contribution in [2.75, 3.05) is 11.9 Å². The number of rotatable bonds is 6. The van der Waals surface area contributed by atoms with E-state index in [1.54, 1.807) is 30.3 Å². The van der Waals surface area contributed by atoms with Gasteiger partial charge in [0, 0.05) is 11.1 Å². The van der Waals surface area contributed by atoms with Gasteiger partial charge in [0.15, 0.2) is 6.61 Å². The largest absolute Gasteiger partial charge is 0.484 e. The van der Waals surface area contributed by atoms with Crippen LogP contribution in [0, 0.1) is 0 Å². The first-order valence-corrected chi connectivity index (χ1v) is 9.77. The molecule has 0 aliphatic carbocycles. The molecule has 0 atom stereocenters. The molecule has 1 amide bonds. The van der Waals surface area contributed by atoms with Crippen LogP contribution in [0.4, 0.5) is 5.69 Å². The molecule has 30 heavy (non-hydrogen) atoms. The van der Waals surface area contributed by atoms with Crippen LogP contribution in [-0.2, 0) is 11.2 Å². The number of benzene rings is 3. The quantitative estimate of drug-likeness (QED) is 0.461.